The number of anilines is 1. The molecule has 0 bridgehead atoms. The summed E-state index contributed by atoms with van der Waals surface area (Å²) in [7, 11) is 0. The van der Waals surface area contributed by atoms with Crippen LogP contribution in [0.2, 0.25) is 5.02 Å². The topological polar surface area (TPSA) is 43.8 Å². The standard InChI is InChI=1S/C16H14ClN3/c1-2-9-20-15-8-7-13(18)10-14(15)19-16(20)11-3-5-12(17)6-4-11/h2-8,10H,1,9,18H2. The molecule has 0 amide bonds. The smallest absolute Gasteiger partial charge is 0.141 e. The van der Waals surface area contributed by atoms with Crippen molar-refractivity contribution in [2.24, 2.45) is 0 Å². The lowest BCUT2D eigenvalue weighted by Crippen LogP contribution is -1.98. The van der Waals surface area contributed by atoms with Crippen molar-refractivity contribution in [3.63, 3.8) is 0 Å². The number of aromatic nitrogens is 2. The van der Waals surface area contributed by atoms with E-state index in [1.807, 2.05) is 48.5 Å². The molecule has 0 radical (unpaired) electrons. The van der Waals surface area contributed by atoms with Crippen molar-refractivity contribution in [3.8, 4) is 11.4 Å². The Morgan fingerprint density at radius 1 is 1.20 bits per heavy atom. The highest BCUT2D eigenvalue weighted by molar-refractivity contribution is 6.30. The van der Waals surface area contributed by atoms with Crippen LogP contribution in [0.3, 0.4) is 0 Å². The van der Waals surface area contributed by atoms with Crippen LogP contribution < -0.4 is 5.73 Å². The molecular formula is C16H14ClN3. The van der Waals surface area contributed by atoms with Crippen LogP contribution in [0.25, 0.3) is 22.4 Å². The van der Waals surface area contributed by atoms with Crippen LogP contribution in [0.1, 0.15) is 0 Å². The average Bonchev–Trinajstić information content (AvgIpc) is 2.78. The molecule has 3 nitrogen and oxygen atoms in total. The molecule has 0 saturated heterocycles. The van der Waals surface area contributed by atoms with E-state index in [4.69, 9.17) is 17.3 Å². The number of halogens is 1. The second-order valence-corrected chi connectivity index (χ2v) is 5.03. The first kappa shape index (κ1) is 12.8. The van der Waals surface area contributed by atoms with Crippen LogP contribution in [-0.2, 0) is 6.54 Å². The highest BCUT2D eigenvalue weighted by Gasteiger charge is 2.11. The van der Waals surface area contributed by atoms with Gasteiger partial charge < -0.3 is 10.3 Å². The molecule has 20 heavy (non-hydrogen) atoms. The zero-order valence-corrected chi connectivity index (χ0v) is 11.6. The van der Waals surface area contributed by atoms with Crippen molar-refractivity contribution >= 4 is 28.3 Å². The molecule has 3 aromatic rings. The molecule has 2 N–H and O–H groups in total. The number of nitrogens with zero attached hydrogens (tertiary/aromatic N) is 2. The molecule has 0 aliphatic heterocycles. The Labute approximate surface area is 122 Å². The summed E-state index contributed by atoms with van der Waals surface area (Å²) >= 11 is 5.94. The van der Waals surface area contributed by atoms with E-state index in [1.54, 1.807) is 0 Å². The van der Waals surface area contributed by atoms with Gasteiger partial charge in [0.2, 0.25) is 0 Å². The molecular weight excluding hydrogens is 270 g/mol. The Kier molecular flexibility index (Phi) is 3.20. The first-order chi connectivity index (χ1) is 9.69. The van der Waals surface area contributed by atoms with Gasteiger partial charge in [-0.1, -0.05) is 17.7 Å². The number of hydrogen-bond donors (Lipinski definition) is 1. The number of imidazole rings is 1. The SMILES string of the molecule is C=CCn1c(-c2ccc(Cl)cc2)nc2cc(N)ccc21. The summed E-state index contributed by atoms with van der Waals surface area (Å²) in [6, 6.07) is 13.4. The minimum absolute atomic E-state index is 0.693. The van der Waals surface area contributed by atoms with Gasteiger partial charge in [-0.25, -0.2) is 4.98 Å². The molecule has 0 unspecified atom stereocenters. The maximum Gasteiger partial charge on any atom is 0.141 e. The lowest BCUT2D eigenvalue weighted by atomic mass is 10.2. The quantitative estimate of drug-likeness (QED) is 0.580. The van der Waals surface area contributed by atoms with Crippen LogP contribution >= 0.6 is 11.6 Å². The summed E-state index contributed by atoms with van der Waals surface area (Å²) in [5, 5.41) is 0.712. The molecule has 0 aliphatic carbocycles. The summed E-state index contributed by atoms with van der Waals surface area (Å²) in [4.78, 5) is 4.68. The predicted octanol–water partition coefficient (Wildman–Crippen LogP) is 4.12. The Bertz CT molecular complexity index is 772. The van der Waals surface area contributed by atoms with E-state index < -0.39 is 0 Å². The third-order valence-corrected chi connectivity index (χ3v) is 3.44. The summed E-state index contributed by atoms with van der Waals surface area (Å²) in [5.74, 6) is 0.891. The van der Waals surface area contributed by atoms with E-state index in [9.17, 15) is 0 Å². The number of nitrogens with two attached hydrogens (primary N) is 1. The van der Waals surface area contributed by atoms with Gasteiger partial charge in [0.25, 0.3) is 0 Å². The number of nitrogen functional groups attached to an aromatic ring is 1. The van der Waals surface area contributed by atoms with Gasteiger partial charge in [0.15, 0.2) is 0 Å². The van der Waals surface area contributed by atoms with Crippen molar-refractivity contribution in [1.82, 2.24) is 9.55 Å². The summed E-state index contributed by atoms with van der Waals surface area (Å²) in [5.41, 5.74) is 9.49. The second kappa shape index (κ2) is 5.02. The van der Waals surface area contributed by atoms with Crippen molar-refractivity contribution in [1.29, 1.82) is 0 Å². The Morgan fingerprint density at radius 2 is 1.95 bits per heavy atom. The van der Waals surface area contributed by atoms with Gasteiger partial charge in [-0.15, -0.1) is 6.58 Å². The second-order valence-electron chi connectivity index (χ2n) is 4.59. The molecule has 0 atom stereocenters. The zero-order chi connectivity index (χ0) is 14.1. The van der Waals surface area contributed by atoms with Gasteiger partial charge in [0.1, 0.15) is 5.82 Å². The largest absolute Gasteiger partial charge is 0.399 e. The third-order valence-electron chi connectivity index (χ3n) is 3.19. The van der Waals surface area contributed by atoms with Crippen LogP contribution in [0.15, 0.2) is 55.1 Å². The molecule has 3 rings (SSSR count). The Balaban J connectivity index is 2.25. The van der Waals surface area contributed by atoms with Crippen LogP contribution in [0.5, 0.6) is 0 Å². The fourth-order valence-corrected chi connectivity index (χ4v) is 2.41. The lowest BCUT2D eigenvalue weighted by molar-refractivity contribution is 0.862. The van der Waals surface area contributed by atoms with Crippen molar-refractivity contribution in [2.75, 3.05) is 5.73 Å². The molecule has 0 saturated carbocycles. The molecule has 1 heterocycles. The van der Waals surface area contributed by atoms with Gasteiger partial charge in [-0.3, -0.25) is 0 Å². The van der Waals surface area contributed by atoms with Crippen molar-refractivity contribution < 1.29 is 0 Å². The first-order valence-electron chi connectivity index (χ1n) is 6.31. The van der Waals surface area contributed by atoms with E-state index in [-0.39, 0.29) is 0 Å². The molecule has 4 heteroatoms. The number of hydrogen-bond acceptors (Lipinski definition) is 2. The van der Waals surface area contributed by atoms with E-state index in [2.05, 4.69) is 16.1 Å². The van der Waals surface area contributed by atoms with Gasteiger partial charge >= 0.3 is 0 Å². The molecule has 2 aromatic carbocycles. The molecule has 1 aromatic heterocycles. The molecule has 0 aliphatic rings. The van der Waals surface area contributed by atoms with Crippen molar-refractivity contribution in [3.05, 3.63) is 60.1 Å². The number of allylic oxidation sites excluding steroid dienone is 1. The van der Waals surface area contributed by atoms with Crippen LogP contribution in [0.4, 0.5) is 5.69 Å². The monoisotopic (exact) mass is 283 g/mol. The van der Waals surface area contributed by atoms with Crippen LogP contribution in [0, 0.1) is 0 Å². The fourth-order valence-electron chi connectivity index (χ4n) is 2.28. The first-order valence-corrected chi connectivity index (χ1v) is 6.69. The number of benzene rings is 2. The van der Waals surface area contributed by atoms with Crippen LogP contribution in [-0.4, -0.2) is 9.55 Å². The third kappa shape index (κ3) is 2.17. The van der Waals surface area contributed by atoms with E-state index in [0.29, 0.717) is 17.3 Å². The number of rotatable bonds is 3. The minimum atomic E-state index is 0.693. The maximum atomic E-state index is 5.94. The van der Waals surface area contributed by atoms with Gasteiger partial charge in [0.05, 0.1) is 11.0 Å². The van der Waals surface area contributed by atoms with E-state index in [0.717, 1.165) is 22.4 Å². The Hall–Kier alpha value is -2.26. The molecule has 0 spiro atoms. The summed E-state index contributed by atoms with van der Waals surface area (Å²) in [6.07, 6.45) is 1.86. The minimum Gasteiger partial charge on any atom is -0.399 e. The average molecular weight is 284 g/mol. The maximum absolute atomic E-state index is 5.94. The highest BCUT2D eigenvalue weighted by Crippen LogP contribution is 2.27. The zero-order valence-electron chi connectivity index (χ0n) is 10.9. The lowest BCUT2D eigenvalue weighted by Gasteiger charge is -2.06. The Morgan fingerprint density at radius 3 is 2.65 bits per heavy atom. The summed E-state index contributed by atoms with van der Waals surface area (Å²) in [6.45, 7) is 4.51. The molecule has 100 valence electrons. The van der Waals surface area contributed by atoms with Crippen molar-refractivity contribution in [2.45, 2.75) is 6.54 Å². The summed E-state index contributed by atoms with van der Waals surface area (Å²) < 4.78 is 2.12. The van der Waals surface area contributed by atoms with Gasteiger partial charge in [-0.2, -0.15) is 0 Å². The van der Waals surface area contributed by atoms with E-state index >= 15 is 0 Å². The molecule has 0 fully saturated rings. The predicted molar refractivity (Wildman–Crippen MR) is 84.8 cm³/mol. The normalized spacial score (nSPS) is 10.8. The highest BCUT2D eigenvalue weighted by atomic mass is 35.5. The van der Waals surface area contributed by atoms with Gasteiger partial charge in [-0.05, 0) is 42.5 Å². The number of fused-ring (bicyclic) bond motifs is 1. The van der Waals surface area contributed by atoms with E-state index in [1.165, 1.54) is 0 Å². The van der Waals surface area contributed by atoms with Gasteiger partial charge in [0, 0.05) is 22.8 Å². The fraction of sp³-hybridized carbons (Fsp3) is 0.0625.